The predicted molar refractivity (Wildman–Crippen MR) is 73.8 cm³/mol. The van der Waals surface area contributed by atoms with Crippen LogP contribution in [0.3, 0.4) is 0 Å². The predicted octanol–water partition coefficient (Wildman–Crippen LogP) is 4.02. The third-order valence-corrected chi connectivity index (χ3v) is 2.97. The van der Waals surface area contributed by atoms with E-state index in [1.54, 1.807) is 0 Å². The summed E-state index contributed by atoms with van der Waals surface area (Å²) in [7, 11) is 0. The molecule has 0 amide bonds. The van der Waals surface area contributed by atoms with Crippen molar-refractivity contribution in [1.82, 2.24) is 5.32 Å². The van der Waals surface area contributed by atoms with E-state index in [0.29, 0.717) is 6.04 Å². The number of hydrogen-bond donors (Lipinski definition) is 1. The fraction of sp³-hybridized carbons (Fsp3) is 0.571. The lowest BCUT2D eigenvalue weighted by atomic mass is 10.1. The molecule has 1 aromatic rings. The van der Waals surface area contributed by atoms with E-state index >= 15 is 0 Å². The number of halogens is 1. The molecule has 0 fully saturated rings. The maximum Gasteiger partial charge on any atom is 0.123 e. The van der Waals surface area contributed by atoms with Crippen molar-refractivity contribution in [2.24, 2.45) is 0 Å². The molecule has 0 spiro atoms. The molecule has 17 heavy (non-hydrogen) atoms. The van der Waals surface area contributed by atoms with E-state index in [0.717, 1.165) is 42.3 Å². The SMILES string of the molecule is CCCOc1ccc(Cl)cc1CN[C@@H](C)CC. The average Bonchev–Trinajstić information content (AvgIpc) is 2.34. The van der Waals surface area contributed by atoms with E-state index in [1.165, 1.54) is 0 Å². The molecule has 0 aliphatic carbocycles. The highest BCUT2D eigenvalue weighted by molar-refractivity contribution is 6.30. The van der Waals surface area contributed by atoms with E-state index in [9.17, 15) is 0 Å². The van der Waals surface area contributed by atoms with Gasteiger partial charge in [0, 0.05) is 23.2 Å². The van der Waals surface area contributed by atoms with Crippen LogP contribution in [0.2, 0.25) is 5.02 Å². The third-order valence-electron chi connectivity index (χ3n) is 2.74. The van der Waals surface area contributed by atoms with E-state index in [2.05, 4.69) is 26.1 Å². The fourth-order valence-corrected chi connectivity index (χ4v) is 1.66. The summed E-state index contributed by atoms with van der Waals surface area (Å²) in [6.45, 7) is 8.00. The molecule has 0 aromatic heterocycles. The quantitative estimate of drug-likeness (QED) is 0.795. The van der Waals surface area contributed by atoms with Gasteiger partial charge in [-0.2, -0.15) is 0 Å². The monoisotopic (exact) mass is 255 g/mol. The molecule has 0 saturated carbocycles. The molecule has 96 valence electrons. The van der Waals surface area contributed by atoms with E-state index < -0.39 is 0 Å². The van der Waals surface area contributed by atoms with E-state index in [1.807, 2.05) is 18.2 Å². The first-order valence-corrected chi connectivity index (χ1v) is 6.69. The molecule has 0 heterocycles. The largest absolute Gasteiger partial charge is 0.493 e. The molecule has 2 nitrogen and oxygen atoms in total. The summed E-state index contributed by atoms with van der Waals surface area (Å²) in [4.78, 5) is 0. The smallest absolute Gasteiger partial charge is 0.123 e. The highest BCUT2D eigenvalue weighted by atomic mass is 35.5. The topological polar surface area (TPSA) is 21.3 Å². The first-order chi connectivity index (χ1) is 8.17. The number of nitrogens with one attached hydrogen (secondary N) is 1. The first-order valence-electron chi connectivity index (χ1n) is 6.32. The standard InChI is InChI=1S/C14H22ClNO/c1-4-8-17-14-7-6-13(15)9-12(14)10-16-11(3)5-2/h6-7,9,11,16H,4-5,8,10H2,1-3H3/t11-/m0/s1. The Kier molecular flexibility index (Phi) is 6.38. The Labute approximate surface area is 109 Å². The summed E-state index contributed by atoms with van der Waals surface area (Å²) >= 11 is 6.02. The molecular formula is C14H22ClNO. The van der Waals surface area contributed by atoms with Gasteiger partial charge in [0.15, 0.2) is 0 Å². The number of benzene rings is 1. The minimum absolute atomic E-state index is 0.507. The molecule has 0 aliphatic rings. The van der Waals surface area contributed by atoms with Gasteiger partial charge in [0.1, 0.15) is 5.75 Å². The van der Waals surface area contributed by atoms with Gasteiger partial charge in [-0.25, -0.2) is 0 Å². The lowest BCUT2D eigenvalue weighted by molar-refractivity contribution is 0.312. The lowest BCUT2D eigenvalue weighted by Gasteiger charge is -2.15. The molecule has 1 atom stereocenters. The highest BCUT2D eigenvalue weighted by Crippen LogP contribution is 2.23. The van der Waals surface area contributed by atoms with Crippen molar-refractivity contribution in [3.05, 3.63) is 28.8 Å². The molecule has 3 heteroatoms. The van der Waals surface area contributed by atoms with Crippen molar-refractivity contribution < 1.29 is 4.74 Å². The first kappa shape index (κ1) is 14.3. The Bertz CT molecular complexity index is 341. The van der Waals surface area contributed by atoms with Crippen molar-refractivity contribution in [1.29, 1.82) is 0 Å². The van der Waals surface area contributed by atoms with Crippen molar-refractivity contribution in [3.63, 3.8) is 0 Å². The maximum absolute atomic E-state index is 6.02. The second kappa shape index (κ2) is 7.57. The summed E-state index contributed by atoms with van der Waals surface area (Å²) in [6.07, 6.45) is 2.13. The molecule has 0 aliphatic heterocycles. The van der Waals surface area contributed by atoms with Crippen LogP contribution in [0.15, 0.2) is 18.2 Å². The summed E-state index contributed by atoms with van der Waals surface area (Å²) in [5.74, 6) is 0.937. The normalized spacial score (nSPS) is 12.5. The highest BCUT2D eigenvalue weighted by Gasteiger charge is 2.06. The Hall–Kier alpha value is -0.730. The Morgan fingerprint density at radius 3 is 2.76 bits per heavy atom. The third kappa shape index (κ3) is 4.97. The lowest BCUT2D eigenvalue weighted by Crippen LogP contribution is -2.24. The van der Waals surface area contributed by atoms with Gasteiger partial charge in [-0.15, -0.1) is 0 Å². The summed E-state index contributed by atoms with van der Waals surface area (Å²) in [6, 6.07) is 6.31. The molecule has 1 rings (SSSR count). The van der Waals surface area contributed by atoms with Crippen LogP contribution in [0.25, 0.3) is 0 Å². The molecule has 0 bridgehead atoms. The number of ether oxygens (including phenoxy) is 1. The van der Waals surface area contributed by atoms with Crippen molar-refractivity contribution in [2.75, 3.05) is 6.61 Å². The van der Waals surface area contributed by atoms with Crippen molar-refractivity contribution >= 4 is 11.6 Å². The zero-order valence-corrected chi connectivity index (χ0v) is 11.7. The van der Waals surface area contributed by atoms with Gasteiger partial charge in [-0.05, 0) is 38.0 Å². The van der Waals surface area contributed by atoms with Crippen molar-refractivity contribution in [2.45, 2.75) is 46.2 Å². The molecule has 0 unspecified atom stereocenters. The van der Waals surface area contributed by atoms with Gasteiger partial charge in [0.05, 0.1) is 6.61 Å². The van der Waals surface area contributed by atoms with E-state index in [-0.39, 0.29) is 0 Å². The average molecular weight is 256 g/mol. The molecule has 1 N–H and O–H groups in total. The second-order valence-corrected chi connectivity index (χ2v) is 4.73. The molecular weight excluding hydrogens is 234 g/mol. The molecule has 0 radical (unpaired) electrons. The van der Waals surface area contributed by atoms with Gasteiger partial charge in [0.25, 0.3) is 0 Å². The van der Waals surface area contributed by atoms with Gasteiger partial charge in [0.2, 0.25) is 0 Å². The zero-order chi connectivity index (χ0) is 12.7. The second-order valence-electron chi connectivity index (χ2n) is 4.29. The van der Waals surface area contributed by atoms with Crippen LogP contribution < -0.4 is 10.1 Å². The Balaban J connectivity index is 2.69. The molecule has 0 saturated heterocycles. The molecule has 1 aromatic carbocycles. The number of hydrogen-bond acceptors (Lipinski definition) is 2. The van der Waals surface area contributed by atoms with Crippen LogP contribution in [0, 0.1) is 0 Å². The van der Waals surface area contributed by atoms with Gasteiger partial charge >= 0.3 is 0 Å². The van der Waals surface area contributed by atoms with E-state index in [4.69, 9.17) is 16.3 Å². The minimum atomic E-state index is 0.507. The van der Waals surface area contributed by atoms with Crippen LogP contribution in [0.4, 0.5) is 0 Å². The summed E-state index contributed by atoms with van der Waals surface area (Å²) < 4.78 is 5.71. The minimum Gasteiger partial charge on any atom is -0.493 e. The van der Waals surface area contributed by atoms with Crippen LogP contribution in [0.5, 0.6) is 5.75 Å². The zero-order valence-electron chi connectivity index (χ0n) is 10.9. The van der Waals surface area contributed by atoms with Crippen LogP contribution >= 0.6 is 11.6 Å². The summed E-state index contributed by atoms with van der Waals surface area (Å²) in [5.41, 5.74) is 1.13. The van der Waals surface area contributed by atoms with Gasteiger partial charge in [-0.3, -0.25) is 0 Å². The Morgan fingerprint density at radius 1 is 1.35 bits per heavy atom. The Morgan fingerprint density at radius 2 is 2.12 bits per heavy atom. The van der Waals surface area contributed by atoms with Gasteiger partial charge in [-0.1, -0.05) is 25.4 Å². The van der Waals surface area contributed by atoms with Crippen molar-refractivity contribution in [3.8, 4) is 5.75 Å². The van der Waals surface area contributed by atoms with Crippen LogP contribution in [-0.4, -0.2) is 12.6 Å². The van der Waals surface area contributed by atoms with Gasteiger partial charge < -0.3 is 10.1 Å². The van der Waals surface area contributed by atoms with Crippen LogP contribution in [0.1, 0.15) is 39.2 Å². The fourth-order valence-electron chi connectivity index (χ4n) is 1.47. The maximum atomic E-state index is 6.02. The number of rotatable bonds is 7. The summed E-state index contributed by atoms with van der Waals surface area (Å²) in [5, 5.41) is 4.21. The van der Waals surface area contributed by atoms with Crippen LogP contribution in [-0.2, 0) is 6.54 Å².